The van der Waals surface area contributed by atoms with Gasteiger partial charge in [0.25, 0.3) is 5.91 Å². The van der Waals surface area contributed by atoms with Gasteiger partial charge in [0.15, 0.2) is 5.11 Å². The van der Waals surface area contributed by atoms with Crippen molar-refractivity contribution in [3.63, 3.8) is 0 Å². The highest BCUT2D eigenvalue weighted by Gasteiger charge is 2.18. The van der Waals surface area contributed by atoms with Crippen LogP contribution >= 0.6 is 23.8 Å². The molecule has 3 aromatic carbocycles. The number of pyridine rings is 1. The second kappa shape index (κ2) is 8.49. The Balaban J connectivity index is 1.77. The zero-order valence-electron chi connectivity index (χ0n) is 15.7. The molecule has 5 nitrogen and oxygen atoms in total. The Labute approximate surface area is 184 Å². The lowest BCUT2D eigenvalue weighted by atomic mass is 10.0. The number of hydrogen-bond acceptors (Lipinski definition) is 3. The molecular weight excluding hydrogens is 416 g/mol. The third-order valence-corrected chi connectivity index (χ3v) is 4.95. The van der Waals surface area contributed by atoms with E-state index in [1.165, 1.54) is 5.01 Å². The number of rotatable bonds is 3. The van der Waals surface area contributed by atoms with Crippen LogP contribution in [0.4, 0.5) is 5.69 Å². The van der Waals surface area contributed by atoms with Gasteiger partial charge in [-0.25, -0.2) is 9.99 Å². The lowest BCUT2D eigenvalue weighted by Gasteiger charge is -2.24. The fourth-order valence-electron chi connectivity index (χ4n) is 3.14. The first kappa shape index (κ1) is 19.8. The van der Waals surface area contributed by atoms with Gasteiger partial charge < -0.3 is 5.73 Å². The predicted molar refractivity (Wildman–Crippen MR) is 125 cm³/mol. The lowest BCUT2D eigenvalue weighted by Crippen LogP contribution is -2.49. The number of hydrogen-bond donors (Lipinski definition) is 2. The summed E-state index contributed by atoms with van der Waals surface area (Å²) < 4.78 is 0. The summed E-state index contributed by atoms with van der Waals surface area (Å²) in [5, 5.41) is 2.56. The molecule has 0 saturated carbocycles. The normalized spacial score (nSPS) is 10.6. The summed E-state index contributed by atoms with van der Waals surface area (Å²) in [7, 11) is 0. The Morgan fingerprint density at radius 3 is 2.43 bits per heavy atom. The van der Waals surface area contributed by atoms with Crippen molar-refractivity contribution in [2.75, 3.05) is 5.01 Å². The van der Waals surface area contributed by atoms with E-state index in [-0.39, 0.29) is 11.0 Å². The summed E-state index contributed by atoms with van der Waals surface area (Å²) >= 11 is 11.2. The third kappa shape index (κ3) is 4.10. The molecule has 1 aromatic heterocycles. The highest BCUT2D eigenvalue weighted by atomic mass is 35.5. The molecule has 3 N–H and O–H groups in total. The van der Waals surface area contributed by atoms with E-state index in [0.717, 1.165) is 10.9 Å². The second-order valence-corrected chi connectivity index (χ2v) is 7.39. The molecule has 4 aromatic rings. The largest absolute Gasteiger partial charge is 0.374 e. The average Bonchev–Trinajstić information content (AvgIpc) is 2.77. The zero-order valence-corrected chi connectivity index (χ0v) is 17.3. The van der Waals surface area contributed by atoms with E-state index in [1.807, 2.05) is 54.6 Å². The number of halogens is 1. The van der Waals surface area contributed by atoms with E-state index < -0.39 is 0 Å². The topological polar surface area (TPSA) is 71.2 Å². The molecule has 0 unspecified atom stereocenters. The van der Waals surface area contributed by atoms with Crippen LogP contribution in [0.15, 0.2) is 84.9 Å². The van der Waals surface area contributed by atoms with Gasteiger partial charge in [-0.05, 0) is 42.5 Å². The van der Waals surface area contributed by atoms with Gasteiger partial charge in [0.2, 0.25) is 0 Å². The molecular formula is C23H17ClN4OS. The molecule has 148 valence electrons. The molecule has 0 aliphatic carbocycles. The summed E-state index contributed by atoms with van der Waals surface area (Å²) in [4.78, 5) is 18.0. The molecule has 7 heteroatoms. The Morgan fingerprint density at radius 2 is 1.70 bits per heavy atom. The molecule has 1 amide bonds. The van der Waals surface area contributed by atoms with Crippen molar-refractivity contribution in [1.82, 2.24) is 10.4 Å². The van der Waals surface area contributed by atoms with Crippen LogP contribution in [0.3, 0.4) is 0 Å². The number of hydrazine groups is 1. The Hall–Kier alpha value is -3.48. The number of nitrogens with zero attached hydrogens (tertiary/aromatic N) is 2. The summed E-state index contributed by atoms with van der Waals surface area (Å²) in [6.45, 7) is 0. The fourth-order valence-corrected chi connectivity index (χ4v) is 3.48. The van der Waals surface area contributed by atoms with E-state index in [4.69, 9.17) is 34.5 Å². The standard InChI is InChI=1S/C23H17ClN4OS/c24-16-9-6-10-17(13-16)28(23(25)30)27-22(29)19-14-21(15-7-2-1-3-8-15)26-20-12-5-4-11-18(19)20/h1-14H,(H2,25,30)(H,27,29). The Morgan fingerprint density at radius 1 is 0.967 bits per heavy atom. The van der Waals surface area contributed by atoms with E-state index in [2.05, 4.69) is 5.43 Å². The second-order valence-electron chi connectivity index (χ2n) is 6.53. The Bertz CT molecular complexity index is 1250. The SMILES string of the molecule is NC(=S)N(NC(=O)c1cc(-c2ccccc2)nc2ccccc12)c1cccc(Cl)c1. The fraction of sp³-hybridized carbons (Fsp3) is 0. The smallest absolute Gasteiger partial charge is 0.270 e. The maximum absolute atomic E-state index is 13.3. The van der Waals surface area contributed by atoms with Crippen LogP contribution in [0.5, 0.6) is 0 Å². The first-order chi connectivity index (χ1) is 14.5. The van der Waals surface area contributed by atoms with Gasteiger partial charge in [-0.15, -0.1) is 0 Å². The molecule has 0 fully saturated rings. The first-order valence-corrected chi connectivity index (χ1v) is 9.93. The van der Waals surface area contributed by atoms with Gasteiger partial charge in [0, 0.05) is 16.0 Å². The van der Waals surface area contributed by atoms with Crippen LogP contribution in [0.1, 0.15) is 10.4 Å². The maximum atomic E-state index is 13.3. The highest BCUT2D eigenvalue weighted by Crippen LogP contribution is 2.25. The van der Waals surface area contributed by atoms with Crippen molar-refractivity contribution >= 4 is 51.4 Å². The monoisotopic (exact) mass is 432 g/mol. The molecule has 4 rings (SSSR count). The van der Waals surface area contributed by atoms with Gasteiger partial charge in [-0.1, -0.05) is 66.2 Å². The van der Waals surface area contributed by atoms with Crippen LogP contribution in [0.2, 0.25) is 5.02 Å². The number of anilines is 1. The number of carbonyl (C=O) groups excluding carboxylic acids is 1. The number of para-hydroxylation sites is 1. The van der Waals surface area contributed by atoms with Gasteiger partial charge in [-0.2, -0.15) is 0 Å². The third-order valence-electron chi connectivity index (χ3n) is 4.53. The number of thiocarbonyl (C=S) groups is 1. The van der Waals surface area contributed by atoms with Crippen LogP contribution in [0.25, 0.3) is 22.2 Å². The quantitative estimate of drug-likeness (QED) is 0.354. The molecule has 0 saturated heterocycles. The number of fused-ring (bicyclic) bond motifs is 1. The van der Waals surface area contributed by atoms with Crippen LogP contribution < -0.4 is 16.2 Å². The summed E-state index contributed by atoms with van der Waals surface area (Å²) in [5.74, 6) is -0.362. The van der Waals surface area contributed by atoms with Crippen molar-refractivity contribution in [3.05, 3.63) is 95.5 Å². The number of nitrogens with one attached hydrogen (secondary N) is 1. The van der Waals surface area contributed by atoms with E-state index in [1.54, 1.807) is 30.3 Å². The van der Waals surface area contributed by atoms with Crippen LogP contribution in [-0.4, -0.2) is 16.0 Å². The minimum atomic E-state index is -0.362. The molecule has 0 atom stereocenters. The number of benzene rings is 3. The number of carbonyl (C=O) groups is 1. The summed E-state index contributed by atoms with van der Waals surface area (Å²) in [6.07, 6.45) is 0. The van der Waals surface area contributed by atoms with Crippen LogP contribution in [-0.2, 0) is 0 Å². The van der Waals surface area contributed by atoms with Crippen molar-refractivity contribution in [1.29, 1.82) is 0 Å². The molecule has 30 heavy (non-hydrogen) atoms. The number of amides is 1. The highest BCUT2D eigenvalue weighted by molar-refractivity contribution is 7.80. The molecule has 0 aliphatic heterocycles. The van der Waals surface area contributed by atoms with Gasteiger partial charge >= 0.3 is 0 Å². The average molecular weight is 433 g/mol. The predicted octanol–water partition coefficient (Wildman–Crippen LogP) is 4.95. The first-order valence-electron chi connectivity index (χ1n) is 9.14. The van der Waals surface area contributed by atoms with E-state index >= 15 is 0 Å². The minimum absolute atomic E-state index is 0.00717. The van der Waals surface area contributed by atoms with Crippen molar-refractivity contribution in [2.45, 2.75) is 0 Å². The lowest BCUT2D eigenvalue weighted by molar-refractivity contribution is 0.0956. The van der Waals surface area contributed by atoms with Gasteiger partial charge in [-0.3, -0.25) is 10.2 Å². The van der Waals surface area contributed by atoms with Crippen molar-refractivity contribution in [2.24, 2.45) is 5.73 Å². The summed E-state index contributed by atoms with van der Waals surface area (Å²) in [5.41, 5.74) is 12.0. The zero-order chi connectivity index (χ0) is 21.1. The Kier molecular flexibility index (Phi) is 5.61. The maximum Gasteiger partial charge on any atom is 0.270 e. The molecule has 0 bridgehead atoms. The van der Waals surface area contributed by atoms with Crippen LogP contribution in [0, 0.1) is 0 Å². The molecule has 0 aliphatic rings. The van der Waals surface area contributed by atoms with Gasteiger partial charge in [0.1, 0.15) is 0 Å². The number of aromatic nitrogens is 1. The van der Waals surface area contributed by atoms with E-state index in [9.17, 15) is 4.79 Å². The summed E-state index contributed by atoms with van der Waals surface area (Å²) in [6, 6.07) is 25.9. The number of nitrogens with two attached hydrogens (primary N) is 1. The minimum Gasteiger partial charge on any atom is -0.374 e. The van der Waals surface area contributed by atoms with Gasteiger partial charge in [0.05, 0.1) is 22.5 Å². The molecule has 0 radical (unpaired) electrons. The van der Waals surface area contributed by atoms with E-state index in [0.29, 0.717) is 27.5 Å². The molecule has 1 heterocycles. The van der Waals surface area contributed by atoms with Crippen molar-refractivity contribution in [3.8, 4) is 11.3 Å². The molecule has 0 spiro atoms. The van der Waals surface area contributed by atoms with Crippen molar-refractivity contribution < 1.29 is 4.79 Å².